The van der Waals surface area contributed by atoms with Crippen LogP contribution in [-0.2, 0) is 65.6 Å². The molecule has 35 heteroatoms. The smallest absolute Gasteiger partial charge is 0.328 e. The van der Waals surface area contributed by atoms with Crippen LogP contribution in [0.2, 0.25) is 0 Å². The second kappa shape index (κ2) is 36.0. The number of unbranched alkanes of at least 4 members (excludes halogenated alkanes) is 1. The van der Waals surface area contributed by atoms with E-state index in [1.165, 1.54) is 43.7 Å². The van der Waals surface area contributed by atoms with Crippen LogP contribution in [0.3, 0.4) is 0 Å². The maximum atomic E-state index is 14.2. The maximum absolute atomic E-state index is 14.2. The number of phenols is 1. The normalized spacial score (nSPS) is 15.4. The lowest BCUT2D eigenvalue weighted by Gasteiger charge is -2.28. The van der Waals surface area contributed by atoms with Crippen LogP contribution in [0, 0.1) is 0 Å². The molecule has 1 aromatic carbocycles. The molecular weight excluding hydrogens is 1100 g/mol. The summed E-state index contributed by atoms with van der Waals surface area (Å²) in [5, 5.41) is 99.6. The quantitative estimate of drug-likeness (QED) is 0.0169. The summed E-state index contributed by atoms with van der Waals surface area (Å²) in [4.78, 5) is 156. The second-order valence-electron chi connectivity index (χ2n) is 18.9. The lowest BCUT2D eigenvalue weighted by molar-refractivity contribution is -0.146. The molecular formula is C48H76N16O19. The molecule has 12 atom stereocenters. The predicted molar refractivity (Wildman–Crippen MR) is 287 cm³/mol. The number of benzene rings is 1. The lowest BCUT2D eigenvalue weighted by Crippen LogP contribution is -2.62. The molecule has 0 bridgehead atoms. The molecule has 2 aromatic rings. The molecule has 26 N–H and O–H groups in total. The van der Waals surface area contributed by atoms with Gasteiger partial charge in [0.25, 0.3) is 0 Å². The molecule has 0 aliphatic heterocycles. The highest BCUT2D eigenvalue weighted by molar-refractivity contribution is 5.99. The number of nitrogens with two attached hydrogens (primary N) is 4. The topological polar surface area (TPSA) is 603 Å². The number of aliphatic hydroxyl groups excluding tert-OH is 5. The van der Waals surface area contributed by atoms with Gasteiger partial charge < -0.3 is 117 Å². The average Bonchev–Trinajstić information content (AvgIpc) is 4.00. The molecule has 0 saturated heterocycles. The standard InChI is InChI=1S/C48H76N16O19/c1-22(68)36(63-38(73)27(50)6-3-4-12-49)46(81)62-34(20-67)45(80)58-30(15-25-17-53-21-55-25)41(76)56-28(7-5-13-54-48(51)52)39(74)60-32(18-65)43(78)57-29(14-24-8-10-26(70)11-9-24)40(75)61-33(19-66)44(79)59-31(16-35(71)72)42(77)64-37(23(2)69)47(82)83/h8-11,17,21-23,27-34,36-37,65-70H,3-7,12-16,18-20,49-50H2,1-2H3,(H,53,55)(H,56,76)(H,57,78)(H,58,80)(H,59,79)(H,60,74)(H,61,75)(H,62,81)(H,63,73)(H,64,77)(H,71,72)(H,82,83)(H4,51,52,54)/t22-,23-,27+,28+,29+,30+,31+,32+,33+,34+,36+,37+/m1/s1. The predicted octanol–water partition coefficient (Wildman–Crippen LogP) is -9.93. The highest BCUT2D eigenvalue weighted by Crippen LogP contribution is 2.13. The SMILES string of the molecule is C[C@@H](O)[C@H](NC(=O)[C@H](CC(=O)O)NC(=O)[C@H](CO)NC(=O)[C@H](Cc1ccc(O)cc1)NC(=O)[C@H](CO)NC(=O)[C@H](CCCN=C(N)N)NC(=O)[C@H](Cc1cnc[nH]1)NC(=O)[C@H](CO)NC(=O)[C@@H](NC(=O)[C@@H](N)CCCCN)[C@@H](C)O)C(=O)O. The number of carboxylic acids is 2. The fraction of sp³-hybridized carbons (Fsp3) is 0.562. The van der Waals surface area contributed by atoms with Crippen molar-refractivity contribution in [3.05, 3.63) is 48.0 Å². The molecule has 0 radical (unpaired) electrons. The zero-order valence-electron chi connectivity index (χ0n) is 45.4. The zero-order chi connectivity index (χ0) is 62.5. The number of phenolic OH excluding ortho intramolecular Hbond substituents is 1. The molecule has 83 heavy (non-hydrogen) atoms. The number of aromatic nitrogens is 2. The average molecular weight is 1180 g/mol. The minimum absolute atomic E-state index is 0.0387. The molecule has 2 rings (SSSR count). The van der Waals surface area contributed by atoms with Crippen molar-refractivity contribution in [1.29, 1.82) is 0 Å². The number of rotatable bonds is 38. The first-order chi connectivity index (χ1) is 39.1. The summed E-state index contributed by atoms with van der Waals surface area (Å²) in [5.74, 6) is -14.6. The van der Waals surface area contributed by atoms with Crippen LogP contribution in [-0.4, -0.2) is 227 Å². The minimum atomic E-state index is -2.03. The van der Waals surface area contributed by atoms with E-state index in [0.29, 0.717) is 19.4 Å². The molecule has 462 valence electrons. The van der Waals surface area contributed by atoms with Gasteiger partial charge in [0.15, 0.2) is 12.0 Å². The lowest BCUT2D eigenvalue weighted by atomic mass is 10.0. The van der Waals surface area contributed by atoms with Crippen LogP contribution in [0.25, 0.3) is 0 Å². The van der Waals surface area contributed by atoms with E-state index >= 15 is 0 Å². The van der Waals surface area contributed by atoms with Gasteiger partial charge in [-0.15, -0.1) is 0 Å². The van der Waals surface area contributed by atoms with E-state index in [4.69, 9.17) is 22.9 Å². The number of amides is 9. The Balaban J connectivity index is 2.45. The summed E-state index contributed by atoms with van der Waals surface area (Å²) in [6.45, 7) is -1.08. The largest absolute Gasteiger partial charge is 0.508 e. The van der Waals surface area contributed by atoms with Gasteiger partial charge in [-0.2, -0.15) is 0 Å². The van der Waals surface area contributed by atoms with Crippen molar-refractivity contribution in [2.75, 3.05) is 32.9 Å². The van der Waals surface area contributed by atoms with Crippen LogP contribution < -0.4 is 70.8 Å². The van der Waals surface area contributed by atoms with Gasteiger partial charge in [-0.05, 0) is 63.8 Å². The Hall–Kier alpha value is -8.61. The number of carboxylic acid groups (broad SMARTS) is 2. The fourth-order valence-electron chi connectivity index (χ4n) is 7.48. The van der Waals surface area contributed by atoms with E-state index < -0.39 is 170 Å². The van der Waals surface area contributed by atoms with E-state index in [0.717, 1.165) is 6.92 Å². The highest BCUT2D eigenvalue weighted by Gasteiger charge is 2.37. The number of hydrogen-bond donors (Lipinski definition) is 22. The Morgan fingerprint density at radius 2 is 1.01 bits per heavy atom. The number of aliphatic imine (C=N–C) groups is 1. The van der Waals surface area contributed by atoms with Crippen molar-refractivity contribution in [3.8, 4) is 5.75 Å². The summed E-state index contributed by atoms with van der Waals surface area (Å²) in [6.07, 6.45) is -1.79. The second-order valence-corrected chi connectivity index (χ2v) is 18.9. The molecule has 1 heterocycles. The number of aliphatic carboxylic acids is 2. The number of hydrogen-bond acceptors (Lipinski definition) is 21. The van der Waals surface area contributed by atoms with Crippen LogP contribution in [0.15, 0.2) is 41.8 Å². The number of carbonyl (C=O) groups is 11. The van der Waals surface area contributed by atoms with Gasteiger partial charge in [0, 0.05) is 31.3 Å². The number of nitrogens with one attached hydrogen (secondary N) is 10. The van der Waals surface area contributed by atoms with E-state index in [1.54, 1.807) is 0 Å². The Labute approximate surface area is 473 Å². The Bertz CT molecular complexity index is 2520. The number of aliphatic hydroxyl groups is 5. The molecule has 0 aliphatic carbocycles. The van der Waals surface area contributed by atoms with Gasteiger partial charge in [0.2, 0.25) is 53.2 Å². The molecule has 0 fully saturated rings. The first-order valence-electron chi connectivity index (χ1n) is 25.8. The molecule has 0 unspecified atom stereocenters. The third kappa shape index (κ3) is 25.0. The molecule has 0 spiro atoms. The van der Waals surface area contributed by atoms with E-state index in [-0.39, 0.29) is 55.2 Å². The molecule has 1 aromatic heterocycles. The van der Waals surface area contributed by atoms with Gasteiger partial charge in [0.05, 0.1) is 50.8 Å². The van der Waals surface area contributed by atoms with Gasteiger partial charge in [-0.1, -0.05) is 18.6 Å². The maximum Gasteiger partial charge on any atom is 0.328 e. The fourth-order valence-corrected chi connectivity index (χ4v) is 7.48. The van der Waals surface area contributed by atoms with Crippen molar-refractivity contribution >= 4 is 71.1 Å². The molecule has 0 aliphatic rings. The first-order valence-corrected chi connectivity index (χ1v) is 25.8. The highest BCUT2D eigenvalue weighted by atomic mass is 16.4. The number of H-pyrrole nitrogens is 1. The minimum Gasteiger partial charge on any atom is -0.508 e. The van der Waals surface area contributed by atoms with E-state index in [9.17, 15) is 93.6 Å². The van der Waals surface area contributed by atoms with Gasteiger partial charge >= 0.3 is 11.9 Å². The van der Waals surface area contributed by atoms with E-state index in [1.807, 2.05) is 10.6 Å². The number of aromatic hydroxyl groups is 1. The van der Waals surface area contributed by atoms with Crippen molar-refractivity contribution in [2.24, 2.45) is 27.9 Å². The number of imidazole rings is 1. The van der Waals surface area contributed by atoms with Crippen molar-refractivity contribution in [1.82, 2.24) is 57.8 Å². The van der Waals surface area contributed by atoms with Crippen LogP contribution in [0.1, 0.15) is 63.6 Å². The monoisotopic (exact) mass is 1180 g/mol. The van der Waals surface area contributed by atoms with Crippen LogP contribution >= 0.6 is 0 Å². The first kappa shape index (κ1) is 70.5. The number of guanidine groups is 1. The van der Waals surface area contributed by atoms with Crippen molar-refractivity contribution < 1.29 is 93.6 Å². The molecule has 35 nitrogen and oxygen atoms in total. The van der Waals surface area contributed by atoms with Crippen LogP contribution in [0.5, 0.6) is 5.75 Å². The third-order valence-electron chi connectivity index (χ3n) is 12.1. The van der Waals surface area contributed by atoms with Gasteiger partial charge in [-0.3, -0.25) is 52.9 Å². The van der Waals surface area contributed by atoms with E-state index in [2.05, 4.69) is 52.2 Å². The zero-order valence-corrected chi connectivity index (χ0v) is 45.4. The number of aromatic amines is 1. The third-order valence-corrected chi connectivity index (χ3v) is 12.1. The summed E-state index contributed by atoms with van der Waals surface area (Å²) in [5.41, 5.74) is 22.8. The van der Waals surface area contributed by atoms with Gasteiger partial charge in [0.1, 0.15) is 54.1 Å². The van der Waals surface area contributed by atoms with Crippen molar-refractivity contribution in [2.45, 2.75) is 138 Å². The Kier molecular flexibility index (Phi) is 30.6. The Morgan fingerprint density at radius 3 is 1.47 bits per heavy atom. The number of nitrogens with zero attached hydrogens (tertiary/aromatic N) is 2. The van der Waals surface area contributed by atoms with Crippen LogP contribution in [0.4, 0.5) is 0 Å². The van der Waals surface area contributed by atoms with Crippen molar-refractivity contribution in [3.63, 3.8) is 0 Å². The molecule has 9 amide bonds. The summed E-state index contributed by atoms with van der Waals surface area (Å²) >= 11 is 0. The Morgan fingerprint density at radius 1 is 0.566 bits per heavy atom. The van der Waals surface area contributed by atoms with Gasteiger partial charge in [-0.25, -0.2) is 9.78 Å². The molecule has 0 saturated carbocycles. The summed E-state index contributed by atoms with van der Waals surface area (Å²) in [6, 6.07) is -12.5. The summed E-state index contributed by atoms with van der Waals surface area (Å²) < 4.78 is 0. The number of carbonyl (C=O) groups excluding carboxylic acids is 9. The summed E-state index contributed by atoms with van der Waals surface area (Å²) in [7, 11) is 0.